The third-order valence-corrected chi connectivity index (χ3v) is 3.70. The maximum absolute atomic E-state index is 13.2. The minimum Gasteiger partial charge on any atom is -0.309 e. The first-order valence-electron chi connectivity index (χ1n) is 6.53. The number of benzene rings is 2. The Bertz CT molecular complexity index is 590. The van der Waals surface area contributed by atoms with Gasteiger partial charge in [0, 0.05) is 0 Å². The summed E-state index contributed by atoms with van der Waals surface area (Å²) < 4.78 is 13.2. The van der Waals surface area contributed by atoms with Crippen LogP contribution < -0.4 is 5.32 Å². The van der Waals surface area contributed by atoms with Crippen molar-refractivity contribution in [3.8, 4) is 0 Å². The average molecular weight is 257 g/mol. The SMILES string of the molecule is CNC(c1ccc(C)c(C)c1)c1ccc(F)cc1C. The molecule has 2 aromatic carbocycles. The molecule has 0 bridgehead atoms. The molecule has 0 aliphatic heterocycles. The van der Waals surface area contributed by atoms with Crippen LogP contribution in [0, 0.1) is 26.6 Å². The summed E-state index contributed by atoms with van der Waals surface area (Å²) in [5, 5.41) is 3.32. The average Bonchev–Trinajstić information content (AvgIpc) is 2.37. The van der Waals surface area contributed by atoms with E-state index in [-0.39, 0.29) is 11.9 Å². The fourth-order valence-electron chi connectivity index (χ4n) is 2.41. The van der Waals surface area contributed by atoms with Gasteiger partial charge in [0.1, 0.15) is 5.82 Å². The molecule has 2 heteroatoms. The van der Waals surface area contributed by atoms with Gasteiger partial charge < -0.3 is 5.32 Å². The van der Waals surface area contributed by atoms with Crippen LogP contribution >= 0.6 is 0 Å². The normalized spacial score (nSPS) is 12.5. The van der Waals surface area contributed by atoms with Crippen molar-refractivity contribution in [2.45, 2.75) is 26.8 Å². The Hall–Kier alpha value is -1.67. The second-order valence-corrected chi connectivity index (χ2v) is 5.07. The van der Waals surface area contributed by atoms with Gasteiger partial charge in [0.25, 0.3) is 0 Å². The molecule has 1 atom stereocenters. The van der Waals surface area contributed by atoms with E-state index in [9.17, 15) is 4.39 Å². The Morgan fingerprint density at radius 1 is 0.895 bits per heavy atom. The van der Waals surface area contributed by atoms with E-state index < -0.39 is 0 Å². The summed E-state index contributed by atoms with van der Waals surface area (Å²) in [5.41, 5.74) is 5.86. The molecule has 19 heavy (non-hydrogen) atoms. The van der Waals surface area contributed by atoms with Crippen molar-refractivity contribution in [3.05, 3.63) is 70.0 Å². The van der Waals surface area contributed by atoms with Gasteiger partial charge in [0.15, 0.2) is 0 Å². The zero-order valence-electron chi connectivity index (χ0n) is 11.9. The Morgan fingerprint density at radius 2 is 1.63 bits per heavy atom. The van der Waals surface area contributed by atoms with Crippen molar-refractivity contribution in [2.75, 3.05) is 7.05 Å². The molecule has 2 aromatic rings. The van der Waals surface area contributed by atoms with Crippen molar-refractivity contribution in [2.24, 2.45) is 0 Å². The molecule has 100 valence electrons. The summed E-state index contributed by atoms with van der Waals surface area (Å²) in [5.74, 6) is -0.184. The van der Waals surface area contributed by atoms with E-state index in [1.807, 2.05) is 20.0 Å². The van der Waals surface area contributed by atoms with Gasteiger partial charge in [-0.1, -0.05) is 24.3 Å². The van der Waals surface area contributed by atoms with Gasteiger partial charge in [0.05, 0.1) is 6.04 Å². The van der Waals surface area contributed by atoms with Crippen LogP contribution in [0.4, 0.5) is 4.39 Å². The highest BCUT2D eigenvalue weighted by atomic mass is 19.1. The van der Waals surface area contributed by atoms with Crippen LogP contribution in [0.25, 0.3) is 0 Å². The molecular weight excluding hydrogens is 237 g/mol. The molecule has 1 unspecified atom stereocenters. The fourth-order valence-corrected chi connectivity index (χ4v) is 2.41. The Kier molecular flexibility index (Phi) is 4.01. The predicted octanol–water partition coefficient (Wildman–Crippen LogP) is 4.06. The van der Waals surface area contributed by atoms with Crippen molar-refractivity contribution in [1.29, 1.82) is 0 Å². The van der Waals surface area contributed by atoms with E-state index >= 15 is 0 Å². The highest BCUT2D eigenvalue weighted by Crippen LogP contribution is 2.26. The quantitative estimate of drug-likeness (QED) is 0.874. The van der Waals surface area contributed by atoms with Crippen LogP contribution in [0.2, 0.25) is 0 Å². The molecule has 0 amide bonds. The van der Waals surface area contributed by atoms with E-state index in [1.54, 1.807) is 6.07 Å². The lowest BCUT2D eigenvalue weighted by Gasteiger charge is -2.20. The summed E-state index contributed by atoms with van der Waals surface area (Å²) >= 11 is 0. The predicted molar refractivity (Wildman–Crippen MR) is 78.0 cm³/mol. The molecule has 1 nitrogen and oxygen atoms in total. The van der Waals surface area contributed by atoms with E-state index in [1.165, 1.54) is 22.8 Å². The van der Waals surface area contributed by atoms with Gasteiger partial charge in [-0.2, -0.15) is 0 Å². The number of rotatable bonds is 3. The zero-order valence-corrected chi connectivity index (χ0v) is 11.9. The molecule has 0 aliphatic carbocycles. The number of nitrogens with one attached hydrogen (secondary N) is 1. The summed E-state index contributed by atoms with van der Waals surface area (Å²) in [6.45, 7) is 6.17. The molecule has 0 fully saturated rings. The van der Waals surface area contributed by atoms with Gasteiger partial charge in [-0.25, -0.2) is 4.39 Å². The molecule has 0 heterocycles. The van der Waals surface area contributed by atoms with Crippen LogP contribution in [0.15, 0.2) is 36.4 Å². The van der Waals surface area contributed by atoms with Gasteiger partial charge in [0.2, 0.25) is 0 Å². The molecule has 0 saturated heterocycles. The standard InChI is InChI=1S/C17H20FN/c1-11-5-6-14(9-12(11)2)17(19-4)16-8-7-15(18)10-13(16)3/h5-10,17,19H,1-4H3. The molecule has 0 radical (unpaired) electrons. The highest BCUT2D eigenvalue weighted by Gasteiger charge is 2.15. The smallest absolute Gasteiger partial charge is 0.123 e. The Morgan fingerprint density at radius 3 is 2.21 bits per heavy atom. The number of hydrogen-bond donors (Lipinski definition) is 1. The third-order valence-electron chi connectivity index (χ3n) is 3.70. The largest absolute Gasteiger partial charge is 0.309 e. The second kappa shape index (κ2) is 5.54. The molecular formula is C17H20FN. The second-order valence-electron chi connectivity index (χ2n) is 5.07. The van der Waals surface area contributed by atoms with Crippen LogP contribution in [0.3, 0.4) is 0 Å². The summed E-state index contributed by atoms with van der Waals surface area (Å²) in [4.78, 5) is 0. The van der Waals surface area contributed by atoms with Crippen LogP contribution in [0.1, 0.15) is 33.9 Å². The van der Waals surface area contributed by atoms with Gasteiger partial charge in [-0.05, 0) is 67.8 Å². The van der Waals surface area contributed by atoms with E-state index in [0.29, 0.717) is 0 Å². The molecule has 2 rings (SSSR count). The van der Waals surface area contributed by atoms with Gasteiger partial charge >= 0.3 is 0 Å². The van der Waals surface area contributed by atoms with E-state index in [4.69, 9.17) is 0 Å². The van der Waals surface area contributed by atoms with Crippen molar-refractivity contribution < 1.29 is 4.39 Å². The molecule has 0 saturated carbocycles. The maximum Gasteiger partial charge on any atom is 0.123 e. The molecule has 0 spiro atoms. The lowest BCUT2D eigenvalue weighted by Crippen LogP contribution is -2.19. The number of hydrogen-bond acceptors (Lipinski definition) is 1. The Labute approximate surface area is 114 Å². The summed E-state index contributed by atoms with van der Waals surface area (Å²) in [7, 11) is 1.93. The molecule has 1 N–H and O–H groups in total. The Balaban J connectivity index is 2.46. The van der Waals surface area contributed by atoms with Gasteiger partial charge in [-0.3, -0.25) is 0 Å². The monoisotopic (exact) mass is 257 g/mol. The van der Waals surface area contributed by atoms with Gasteiger partial charge in [-0.15, -0.1) is 0 Å². The lowest BCUT2D eigenvalue weighted by atomic mass is 9.93. The zero-order chi connectivity index (χ0) is 14.0. The molecule has 0 aromatic heterocycles. The minimum absolute atomic E-state index is 0.0971. The number of aryl methyl sites for hydroxylation is 3. The summed E-state index contributed by atoms with van der Waals surface area (Å²) in [6, 6.07) is 11.5. The first-order chi connectivity index (χ1) is 9.02. The summed E-state index contributed by atoms with van der Waals surface area (Å²) in [6.07, 6.45) is 0. The van der Waals surface area contributed by atoms with E-state index in [0.717, 1.165) is 11.1 Å². The minimum atomic E-state index is -0.184. The van der Waals surface area contributed by atoms with E-state index in [2.05, 4.69) is 37.4 Å². The van der Waals surface area contributed by atoms with Crippen LogP contribution in [-0.2, 0) is 0 Å². The molecule has 0 aliphatic rings. The topological polar surface area (TPSA) is 12.0 Å². The van der Waals surface area contributed by atoms with Crippen molar-refractivity contribution in [3.63, 3.8) is 0 Å². The van der Waals surface area contributed by atoms with Crippen LogP contribution in [-0.4, -0.2) is 7.05 Å². The van der Waals surface area contributed by atoms with Crippen LogP contribution in [0.5, 0.6) is 0 Å². The highest BCUT2D eigenvalue weighted by molar-refractivity contribution is 5.40. The lowest BCUT2D eigenvalue weighted by molar-refractivity contribution is 0.621. The fraction of sp³-hybridized carbons (Fsp3) is 0.294. The van der Waals surface area contributed by atoms with Crippen molar-refractivity contribution >= 4 is 0 Å². The third kappa shape index (κ3) is 2.85. The van der Waals surface area contributed by atoms with Crippen molar-refractivity contribution in [1.82, 2.24) is 5.32 Å². The maximum atomic E-state index is 13.2. The first kappa shape index (κ1) is 13.8. The number of halogens is 1. The first-order valence-corrected chi connectivity index (χ1v) is 6.53.